The van der Waals surface area contributed by atoms with Gasteiger partial charge in [-0.1, -0.05) is 62.7 Å². The summed E-state index contributed by atoms with van der Waals surface area (Å²) in [5.74, 6) is 0.522. The molecule has 1 saturated heterocycles. The largest absolute Gasteiger partial charge is 0.481 e. The van der Waals surface area contributed by atoms with Crippen molar-refractivity contribution in [2.24, 2.45) is 28.3 Å². The van der Waals surface area contributed by atoms with Crippen LogP contribution < -0.4 is 10.6 Å². The second-order valence-electron chi connectivity index (χ2n) is 16.0. The van der Waals surface area contributed by atoms with Crippen LogP contribution in [-0.4, -0.2) is 64.2 Å². The van der Waals surface area contributed by atoms with Gasteiger partial charge in [-0.15, -0.1) is 0 Å². The SMILES string of the molecule is Cc1cccc(CC2(C(=O)N[C@@H](CC(C)C)B3O[C@@H]4C[C@@H]5C[C@@H](C5(C)C)[C@]4(C)O3)CC(CNC(=O)c3cc(C)nn3C(C)C)=NO2)c1. The van der Waals surface area contributed by atoms with E-state index in [0.717, 1.165) is 23.2 Å². The van der Waals surface area contributed by atoms with Crippen LogP contribution in [0.5, 0.6) is 0 Å². The van der Waals surface area contributed by atoms with Gasteiger partial charge in [0.1, 0.15) is 5.69 Å². The van der Waals surface area contributed by atoms with E-state index in [1.165, 1.54) is 6.42 Å². The third-order valence-electron chi connectivity index (χ3n) is 11.2. The first-order valence-corrected chi connectivity index (χ1v) is 17.4. The van der Waals surface area contributed by atoms with Crippen molar-refractivity contribution in [1.29, 1.82) is 0 Å². The van der Waals surface area contributed by atoms with Gasteiger partial charge in [0.05, 0.1) is 35.6 Å². The number of oxime groups is 1. The van der Waals surface area contributed by atoms with E-state index in [9.17, 15) is 9.59 Å². The number of hydrogen-bond acceptors (Lipinski definition) is 7. The van der Waals surface area contributed by atoms with Crippen molar-refractivity contribution < 1.29 is 23.7 Å². The molecule has 47 heavy (non-hydrogen) atoms. The van der Waals surface area contributed by atoms with Crippen LogP contribution in [0.25, 0.3) is 0 Å². The highest BCUT2D eigenvalue weighted by Crippen LogP contribution is 2.65. The molecule has 4 fully saturated rings. The summed E-state index contributed by atoms with van der Waals surface area (Å²) < 4.78 is 15.2. The van der Waals surface area contributed by atoms with Crippen molar-refractivity contribution >= 4 is 24.6 Å². The molecule has 6 atom stereocenters. The lowest BCUT2D eigenvalue weighted by Gasteiger charge is -2.64. The quantitative estimate of drug-likeness (QED) is 0.318. The topological polar surface area (TPSA) is 116 Å². The zero-order valence-corrected chi connectivity index (χ0v) is 29.6. The summed E-state index contributed by atoms with van der Waals surface area (Å²) in [5.41, 5.74) is 2.52. The van der Waals surface area contributed by atoms with Crippen LogP contribution in [0.3, 0.4) is 0 Å². The normalized spacial score (nSPS) is 29.6. The van der Waals surface area contributed by atoms with E-state index in [1.54, 1.807) is 10.7 Å². The van der Waals surface area contributed by atoms with Gasteiger partial charge >= 0.3 is 7.12 Å². The smallest absolute Gasteiger partial charge is 0.404 e. The highest BCUT2D eigenvalue weighted by molar-refractivity contribution is 6.48. The van der Waals surface area contributed by atoms with Crippen LogP contribution >= 0.6 is 0 Å². The van der Waals surface area contributed by atoms with Gasteiger partial charge in [0.15, 0.2) is 0 Å². The monoisotopic (exact) mass is 645 g/mol. The molecule has 10 nitrogen and oxygen atoms in total. The summed E-state index contributed by atoms with van der Waals surface area (Å²) in [7, 11) is -0.544. The molecule has 11 heteroatoms. The summed E-state index contributed by atoms with van der Waals surface area (Å²) >= 11 is 0. The highest BCUT2D eigenvalue weighted by atomic mass is 16.7. The fourth-order valence-corrected chi connectivity index (χ4v) is 8.56. The number of hydrogen-bond donors (Lipinski definition) is 2. The van der Waals surface area contributed by atoms with Crippen molar-refractivity contribution in [1.82, 2.24) is 20.4 Å². The van der Waals surface area contributed by atoms with Crippen molar-refractivity contribution in [2.45, 2.75) is 124 Å². The summed E-state index contributed by atoms with van der Waals surface area (Å²) in [6, 6.07) is 9.92. The number of amides is 2. The summed E-state index contributed by atoms with van der Waals surface area (Å²) in [4.78, 5) is 33.8. The zero-order chi connectivity index (χ0) is 33.9. The molecule has 0 spiro atoms. The number of carbonyl (C=O) groups excluding carboxylic acids is 2. The Morgan fingerprint density at radius 3 is 2.55 bits per heavy atom. The molecule has 1 aromatic heterocycles. The lowest BCUT2D eigenvalue weighted by Crippen LogP contribution is -2.65. The van der Waals surface area contributed by atoms with Gasteiger partial charge in [0.25, 0.3) is 11.8 Å². The van der Waals surface area contributed by atoms with Gasteiger partial charge in [-0.05, 0) is 88.7 Å². The first-order valence-electron chi connectivity index (χ1n) is 17.4. The van der Waals surface area contributed by atoms with Gasteiger partial charge in [-0.2, -0.15) is 5.10 Å². The fraction of sp³-hybridized carbons (Fsp3) is 0.667. The highest BCUT2D eigenvalue weighted by Gasteiger charge is 2.68. The molecule has 2 aromatic rings. The number of aryl methyl sites for hydroxylation is 2. The number of rotatable bonds is 11. The number of nitrogens with zero attached hydrogens (tertiary/aromatic N) is 3. The molecule has 2 aliphatic heterocycles. The van der Waals surface area contributed by atoms with Gasteiger partial charge in [0, 0.05) is 18.9 Å². The molecule has 1 unspecified atom stereocenters. The summed E-state index contributed by atoms with van der Waals surface area (Å²) in [6.07, 6.45) is 3.45. The first-order chi connectivity index (χ1) is 22.1. The molecule has 2 bridgehead atoms. The van der Waals surface area contributed by atoms with E-state index < -0.39 is 12.7 Å². The van der Waals surface area contributed by atoms with Crippen LogP contribution in [-0.2, 0) is 25.4 Å². The van der Waals surface area contributed by atoms with Gasteiger partial charge in [0.2, 0.25) is 5.60 Å². The Labute approximate surface area is 279 Å². The van der Waals surface area contributed by atoms with Crippen LogP contribution in [0.4, 0.5) is 0 Å². The minimum absolute atomic E-state index is 0.0224. The Morgan fingerprint density at radius 1 is 1.11 bits per heavy atom. The first kappa shape index (κ1) is 33.7. The third kappa shape index (κ3) is 6.25. The number of aromatic nitrogens is 2. The van der Waals surface area contributed by atoms with Crippen LogP contribution in [0, 0.1) is 37.0 Å². The molecule has 3 aliphatic carbocycles. The third-order valence-corrected chi connectivity index (χ3v) is 11.2. The molecule has 3 saturated carbocycles. The van der Waals surface area contributed by atoms with E-state index in [4.69, 9.17) is 14.1 Å². The Kier molecular flexibility index (Phi) is 8.87. The lowest BCUT2D eigenvalue weighted by atomic mass is 9.43. The molecule has 2 N–H and O–H groups in total. The standard InChI is InChI=1S/C36H52BN5O5/c1-21(2)13-31(37-45-30-17-26-16-29(34(26,7)8)35(30,9)46-37)39-33(44)36(18-25-12-10-11-23(5)14-25)19-27(41-47-36)20-38-32(43)28-15-24(6)40-42(28)22(3)4/h10-12,14-15,21-22,26,29-31H,13,16-20H2,1-9H3,(H,38,43)(H,39,44)/t26-,29-,30+,31-,35-,36?/m0/s1. The number of benzene rings is 1. The summed E-state index contributed by atoms with van der Waals surface area (Å²) in [5, 5.41) is 15.1. The molecule has 254 valence electrons. The van der Waals surface area contributed by atoms with E-state index in [2.05, 4.69) is 61.6 Å². The van der Waals surface area contributed by atoms with Gasteiger partial charge in [-0.25, -0.2) is 0 Å². The number of carbonyl (C=O) groups is 2. The lowest BCUT2D eigenvalue weighted by molar-refractivity contribution is -0.199. The average Bonchev–Trinajstić information content (AvgIpc) is 3.70. The van der Waals surface area contributed by atoms with Gasteiger partial charge < -0.3 is 24.8 Å². The molecule has 3 heterocycles. The number of nitrogens with one attached hydrogen (secondary N) is 2. The minimum Gasteiger partial charge on any atom is -0.404 e. The molecule has 1 aromatic carbocycles. The van der Waals surface area contributed by atoms with E-state index >= 15 is 0 Å². The second-order valence-corrected chi connectivity index (χ2v) is 16.0. The summed E-state index contributed by atoms with van der Waals surface area (Å²) in [6.45, 7) is 19.2. The Balaban J connectivity index is 1.19. The molecule has 7 rings (SSSR count). The molecule has 0 radical (unpaired) electrons. The van der Waals surface area contributed by atoms with Crippen molar-refractivity contribution in [3.8, 4) is 0 Å². The molecule has 2 amide bonds. The maximum Gasteiger partial charge on any atom is 0.481 e. The second kappa shape index (κ2) is 12.4. The van der Waals surface area contributed by atoms with Crippen molar-refractivity contribution in [2.75, 3.05) is 6.54 Å². The molecular formula is C36H52BN5O5. The van der Waals surface area contributed by atoms with E-state index in [-0.39, 0.29) is 53.9 Å². The Hall–Kier alpha value is -3.18. The van der Waals surface area contributed by atoms with Crippen molar-refractivity contribution in [3.63, 3.8) is 0 Å². The van der Waals surface area contributed by atoms with E-state index in [0.29, 0.717) is 42.0 Å². The van der Waals surface area contributed by atoms with E-state index in [1.807, 2.05) is 45.9 Å². The fourth-order valence-electron chi connectivity index (χ4n) is 8.56. The Morgan fingerprint density at radius 2 is 1.87 bits per heavy atom. The average molecular weight is 646 g/mol. The molecule has 5 aliphatic rings. The Bertz CT molecular complexity index is 1550. The maximum atomic E-state index is 14.5. The van der Waals surface area contributed by atoms with Crippen LogP contribution in [0.15, 0.2) is 35.5 Å². The predicted molar refractivity (Wildman–Crippen MR) is 182 cm³/mol. The predicted octanol–water partition coefficient (Wildman–Crippen LogP) is 5.37. The molecular weight excluding hydrogens is 593 g/mol. The van der Waals surface area contributed by atoms with Crippen molar-refractivity contribution in [3.05, 3.63) is 52.8 Å². The maximum absolute atomic E-state index is 14.5. The van der Waals surface area contributed by atoms with Gasteiger partial charge in [-0.3, -0.25) is 14.3 Å². The van der Waals surface area contributed by atoms with Crippen LogP contribution in [0.1, 0.15) is 108 Å². The minimum atomic E-state index is -1.28. The van der Waals surface area contributed by atoms with Crippen LogP contribution in [0.2, 0.25) is 0 Å². The zero-order valence-electron chi connectivity index (χ0n) is 29.6.